The molecule has 1 saturated heterocycles. The summed E-state index contributed by atoms with van der Waals surface area (Å²) in [6.45, 7) is 1.73. The van der Waals surface area contributed by atoms with Crippen molar-refractivity contribution in [3.05, 3.63) is 12.2 Å². The van der Waals surface area contributed by atoms with Crippen LogP contribution in [0.25, 0.3) is 0 Å². The Balaban J connectivity index is 2.07. The number of aliphatic hydroxyl groups is 5. The summed E-state index contributed by atoms with van der Waals surface area (Å²) in [7, 11) is 0. The summed E-state index contributed by atoms with van der Waals surface area (Å²) < 4.78 is 10.8. The molecule has 1 fully saturated rings. The van der Waals surface area contributed by atoms with E-state index in [2.05, 4.69) is 6.92 Å². The van der Waals surface area contributed by atoms with Crippen LogP contribution in [0.2, 0.25) is 0 Å². The first-order valence-corrected chi connectivity index (χ1v) is 12.9. The van der Waals surface area contributed by atoms with Crippen LogP contribution in [0.3, 0.4) is 0 Å². The lowest BCUT2D eigenvalue weighted by Gasteiger charge is -2.40. The van der Waals surface area contributed by atoms with Gasteiger partial charge in [0.25, 0.3) is 0 Å². The molecule has 5 unspecified atom stereocenters. The largest absolute Gasteiger partial charge is 0.394 e. The van der Waals surface area contributed by atoms with Gasteiger partial charge in [0.2, 0.25) is 0 Å². The molecule has 1 aliphatic rings. The Morgan fingerprint density at radius 3 is 1.97 bits per heavy atom. The number of ether oxygens (including phenoxy) is 2. The van der Waals surface area contributed by atoms with Crippen LogP contribution in [0.1, 0.15) is 84.0 Å². The number of nitrogens with two attached hydrogens (primary N) is 1. The summed E-state index contributed by atoms with van der Waals surface area (Å²) in [6.07, 6.45) is 12.0. The van der Waals surface area contributed by atoms with Gasteiger partial charge in [-0.25, -0.2) is 0 Å². The van der Waals surface area contributed by atoms with E-state index in [4.69, 9.17) is 15.2 Å². The molecule has 0 amide bonds. The normalized spacial score (nSPS) is 27.8. The number of hydrogen-bond donors (Lipinski definition) is 6. The number of unbranched alkanes of at least 4 members (excludes halogenated alkanes) is 11. The molecule has 1 aliphatic heterocycles. The first-order chi connectivity index (χ1) is 15.9. The molecular formula is C25H49NO7. The third-order valence-corrected chi connectivity index (χ3v) is 6.33. The average molecular weight is 476 g/mol. The molecule has 1 heterocycles. The van der Waals surface area contributed by atoms with E-state index in [0.717, 1.165) is 12.8 Å². The van der Waals surface area contributed by atoms with Crippen molar-refractivity contribution in [3.63, 3.8) is 0 Å². The lowest BCUT2D eigenvalue weighted by molar-refractivity contribution is -0.239. The van der Waals surface area contributed by atoms with Crippen molar-refractivity contribution in [3.8, 4) is 0 Å². The van der Waals surface area contributed by atoms with Crippen LogP contribution in [0.5, 0.6) is 0 Å². The van der Waals surface area contributed by atoms with Gasteiger partial charge in [-0.15, -0.1) is 0 Å². The molecule has 0 bridgehead atoms. The highest BCUT2D eigenvalue weighted by molar-refractivity contribution is 4.94. The lowest BCUT2D eigenvalue weighted by Crippen LogP contribution is -2.59. The first kappa shape index (κ1) is 30.5. The van der Waals surface area contributed by atoms with E-state index in [1.165, 1.54) is 64.2 Å². The van der Waals surface area contributed by atoms with E-state index in [9.17, 15) is 25.5 Å². The predicted molar refractivity (Wildman–Crippen MR) is 129 cm³/mol. The molecule has 8 heteroatoms. The van der Waals surface area contributed by atoms with Crippen LogP contribution in [-0.2, 0) is 9.47 Å². The number of allylic oxidation sites excluding steroid dienone is 1. The molecule has 1 rings (SSSR count). The topological polar surface area (TPSA) is 146 Å². The van der Waals surface area contributed by atoms with Crippen molar-refractivity contribution in [2.24, 2.45) is 5.73 Å². The lowest BCUT2D eigenvalue weighted by atomic mass is 9.95. The minimum Gasteiger partial charge on any atom is -0.394 e. The summed E-state index contributed by atoms with van der Waals surface area (Å²) in [4.78, 5) is 0. The zero-order chi connectivity index (χ0) is 24.5. The van der Waals surface area contributed by atoms with Crippen molar-refractivity contribution in [2.75, 3.05) is 19.8 Å². The van der Waals surface area contributed by atoms with E-state index in [1.807, 2.05) is 6.08 Å². The zero-order valence-corrected chi connectivity index (χ0v) is 20.4. The summed E-state index contributed by atoms with van der Waals surface area (Å²) in [5, 5.41) is 48.9. The van der Waals surface area contributed by atoms with Crippen LogP contribution in [0.15, 0.2) is 12.2 Å². The molecule has 0 radical (unpaired) electrons. The van der Waals surface area contributed by atoms with Gasteiger partial charge in [-0.2, -0.15) is 0 Å². The maximum atomic E-state index is 10.2. The molecule has 8 nitrogen and oxygen atoms in total. The second-order valence-corrected chi connectivity index (χ2v) is 9.31. The molecule has 0 aromatic heterocycles. The Kier molecular flexibility index (Phi) is 17.3. The third-order valence-electron chi connectivity index (χ3n) is 6.33. The minimum atomic E-state index is -1.43. The van der Waals surface area contributed by atoms with Gasteiger partial charge in [-0.05, 0) is 12.8 Å². The molecule has 33 heavy (non-hydrogen) atoms. The van der Waals surface area contributed by atoms with E-state index >= 15 is 0 Å². The second-order valence-electron chi connectivity index (χ2n) is 9.31. The monoisotopic (exact) mass is 475 g/mol. The highest BCUT2D eigenvalue weighted by Gasteiger charge is 2.43. The number of rotatable bonds is 19. The third kappa shape index (κ3) is 12.6. The van der Waals surface area contributed by atoms with E-state index in [0.29, 0.717) is 0 Å². The fraction of sp³-hybridized carbons (Fsp3) is 0.920. The molecule has 0 saturated carbocycles. The van der Waals surface area contributed by atoms with E-state index in [1.54, 1.807) is 6.08 Å². The highest BCUT2D eigenvalue weighted by atomic mass is 16.6. The molecule has 0 aliphatic carbocycles. The molecular weight excluding hydrogens is 426 g/mol. The zero-order valence-electron chi connectivity index (χ0n) is 20.4. The van der Waals surface area contributed by atoms with Gasteiger partial charge in [0.05, 0.1) is 32.0 Å². The predicted octanol–water partition coefficient (Wildman–Crippen LogP) is 1.79. The van der Waals surface area contributed by atoms with Crippen LogP contribution >= 0.6 is 0 Å². The maximum Gasteiger partial charge on any atom is 0.111 e. The van der Waals surface area contributed by atoms with Crippen molar-refractivity contribution in [1.29, 1.82) is 0 Å². The fourth-order valence-corrected chi connectivity index (χ4v) is 4.04. The van der Waals surface area contributed by atoms with Gasteiger partial charge in [0.1, 0.15) is 30.5 Å². The average Bonchev–Trinajstić information content (AvgIpc) is 2.81. The van der Waals surface area contributed by atoms with E-state index in [-0.39, 0.29) is 13.2 Å². The van der Waals surface area contributed by atoms with Crippen LogP contribution < -0.4 is 5.73 Å². The van der Waals surface area contributed by atoms with Crippen LogP contribution in [-0.4, -0.2) is 88.0 Å². The quantitative estimate of drug-likeness (QED) is 0.122. The Morgan fingerprint density at radius 1 is 0.848 bits per heavy atom. The second kappa shape index (κ2) is 18.7. The molecule has 0 aromatic rings. The Hall–Kier alpha value is -0.580. The van der Waals surface area contributed by atoms with Crippen molar-refractivity contribution < 1.29 is 35.0 Å². The molecule has 7 atom stereocenters. The van der Waals surface area contributed by atoms with Gasteiger partial charge in [0, 0.05) is 0 Å². The molecule has 7 N–H and O–H groups in total. The van der Waals surface area contributed by atoms with Gasteiger partial charge < -0.3 is 40.7 Å². The maximum absolute atomic E-state index is 10.2. The van der Waals surface area contributed by atoms with E-state index < -0.39 is 49.3 Å². The van der Waals surface area contributed by atoms with Crippen molar-refractivity contribution >= 4 is 0 Å². The standard InChI is InChI=1S/C25H49NO7/c1-2-3-4-5-6-7-8-9-10-11-12-13-14-15-20(28)19(26)17-32-18-22-24(30)25(31)23(29)21(16-27)33-22/h14-15,19-25,27-31H,2-13,16-18,26H2,1H3/b15-14+/t19-,20+,21?,22?,23?,24?,25?/m0/s1. The van der Waals surface area contributed by atoms with Gasteiger partial charge in [-0.3, -0.25) is 0 Å². The van der Waals surface area contributed by atoms with Crippen LogP contribution in [0, 0.1) is 0 Å². The summed E-state index contributed by atoms with van der Waals surface area (Å²) in [6, 6.07) is -0.636. The van der Waals surface area contributed by atoms with Crippen molar-refractivity contribution in [1.82, 2.24) is 0 Å². The molecule has 0 aromatic carbocycles. The van der Waals surface area contributed by atoms with Gasteiger partial charge in [0.15, 0.2) is 0 Å². The smallest absolute Gasteiger partial charge is 0.111 e. The summed E-state index contributed by atoms with van der Waals surface area (Å²) >= 11 is 0. The Morgan fingerprint density at radius 2 is 1.39 bits per heavy atom. The highest BCUT2D eigenvalue weighted by Crippen LogP contribution is 2.21. The van der Waals surface area contributed by atoms with Gasteiger partial charge in [-0.1, -0.05) is 83.3 Å². The minimum absolute atomic E-state index is 0.0406. The fourth-order valence-electron chi connectivity index (χ4n) is 4.04. The first-order valence-electron chi connectivity index (χ1n) is 12.9. The Labute approximate surface area is 199 Å². The summed E-state index contributed by atoms with van der Waals surface area (Å²) in [5.41, 5.74) is 5.96. The summed E-state index contributed by atoms with van der Waals surface area (Å²) in [5.74, 6) is 0. The Bertz CT molecular complexity index is 491. The van der Waals surface area contributed by atoms with Crippen LogP contribution in [0.4, 0.5) is 0 Å². The van der Waals surface area contributed by atoms with Gasteiger partial charge >= 0.3 is 0 Å². The number of aliphatic hydroxyl groups excluding tert-OH is 5. The SMILES string of the molecule is CCCCCCCCCCCCC/C=C/[C@@H](O)[C@@H](N)COCC1OC(CO)C(O)C(O)C1O. The van der Waals surface area contributed by atoms with Crippen molar-refractivity contribution in [2.45, 2.75) is 127 Å². The number of hydrogen-bond acceptors (Lipinski definition) is 8. The molecule has 196 valence electrons. The molecule has 0 spiro atoms.